The molecule has 0 atom stereocenters. The minimum absolute atomic E-state index is 0.278. The van der Waals surface area contributed by atoms with Crippen molar-refractivity contribution in [2.45, 2.75) is 6.92 Å². The first-order valence-corrected chi connectivity index (χ1v) is 5.72. The summed E-state index contributed by atoms with van der Waals surface area (Å²) in [5.41, 5.74) is 1.01. The van der Waals surface area contributed by atoms with Crippen LogP contribution in [0, 0.1) is 6.92 Å². The molecule has 100 valence electrons. The van der Waals surface area contributed by atoms with Gasteiger partial charge in [0.25, 0.3) is 0 Å². The number of methoxy groups -OCH3 is 3. The molecule has 0 saturated carbocycles. The fraction of sp³-hybridized carbons (Fsp3) is 0.286. The van der Waals surface area contributed by atoms with Crippen LogP contribution in [0.5, 0.6) is 11.5 Å². The normalized spacial score (nSPS) is 10.3. The van der Waals surface area contributed by atoms with Crippen molar-refractivity contribution in [3.05, 3.63) is 29.6 Å². The number of rotatable bonds is 3. The van der Waals surface area contributed by atoms with E-state index in [-0.39, 0.29) is 5.69 Å². The molecule has 5 heteroatoms. The van der Waals surface area contributed by atoms with Gasteiger partial charge in [-0.25, -0.2) is 9.78 Å². The van der Waals surface area contributed by atoms with Crippen LogP contribution in [0.15, 0.2) is 18.2 Å². The molecular formula is C14H15NO4. The number of esters is 1. The number of carbonyl (C=O) groups is 1. The number of ether oxygens (including phenoxy) is 3. The van der Waals surface area contributed by atoms with E-state index in [2.05, 4.69) is 9.72 Å². The van der Waals surface area contributed by atoms with Crippen LogP contribution in [0.2, 0.25) is 0 Å². The SMILES string of the molecule is COC(=O)c1cc2cc(OC)c(OC)cc2c(C)n1. The molecule has 1 aromatic carbocycles. The van der Waals surface area contributed by atoms with Gasteiger partial charge in [0, 0.05) is 11.1 Å². The molecule has 0 N–H and O–H groups in total. The molecule has 1 aromatic heterocycles. The Bertz CT molecular complexity index is 637. The third-order valence-corrected chi connectivity index (χ3v) is 2.92. The van der Waals surface area contributed by atoms with E-state index < -0.39 is 5.97 Å². The van der Waals surface area contributed by atoms with Crippen LogP contribution < -0.4 is 9.47 Å². The zero-order chi connectivity index (χ0) is 14.0. The molecule has 0 unspecified atom stereocenters. The highest BCUT2D eigenvalue weighted by Crippen LogP contribution is 2.33. The Morgan fingerprint density at radius 1 is 1.05 bits per heavy atom. The molecule has 19 heavy (non-hydrogen) atoms. The lowest BCUT2D eigenvalue weighted by atomic mass is 10.1. The molecule has 0 radical (unpaired) electrons. The molecular weight excluding hydrogens is 246 g/mol. The minimum Gasteiger partial charge on any atom is -0.493 e. The van der Waals surface area contributed by atoms with Crippen molar-refractivity contribution in [1.29, 1.82) is 0 Å². The monoisotopic (exact) mass is 261 g/mol. The first-order chi connectivity index (χ1) is 9.10. The minimum atomic E-state index is -0.459. The predicted octanol–water partition coefficient (Wildman–Crippen LogP) is 2.35. The Balaban J connectivity index is 2.70. The van der Waals surface area contributed by atoms with E-state index in [1.54, 1.807) is 20.3 Å². The van der Waals surface area contributed by atoms with Crippen LogP contribution in [0.25, 0.3) is 10.8 Å². The van der Waals surface area contributed by atoms with Crippen molar-refractivity contribution < 1.29 is 19.0 Å². The summed E-state index contributed by atoms with van der Waals surface area (Å²) in [5.74, 6) is 0.780. The number of fused-ring (bicyclic) bond motifs is 1. The highest BCUT2D eigenvalue weighted by atomic mass is 16.5. The zero-order valence-corrected chi connectivity index (χ0v) is 11.3. The van der Waals surface area contributed by atoms with Crippen molar-refractivity contribution in [3.63, 3.8) is 0 Å². The number of aryl methyl sites for hydroxylation is 1. The number of nitrogens with zero attached hydrogens (tertiary/aromatic N) is 1. The zero-order valence-electron chi connectivity index (χ0n) is 11.3. The summed E-state index contributed by atoms with van der Waals surface area (Å²) < 4.78 is 15.2. The third kappa shape index (κ3) is 2.31. The maximum Gasteiger partial charge on any atom is 0.356 e. The van der Waals surface area contributed by atoms with Crippen LogP contribution in [0.4, 0.5) is 0 Å². The van der Waals surface area contributed by atoms with Gasteiger partial charge in [-0.05, 0) is 30.5 Å². The van der Waals surface area contributed by atoms with Crippen molar-refractivity contribution in [1.82, 2.24) is 4.98 Å². The van der Waals surface area contributed by atoms with Crippen molar-refractivity contribution in [2.75, 3.05) is 21.3 Å². The number of pyridine rings is 1. The molecule has 2 rings (SSSR count). The highest BCUT2D eigenvalue weighted by molar-refractivity contribution is 5.95. The van der Waals surface area contributed by atoms with E-state index in [0.717, 1.165) is 16.5 Å². The molecule has 0 fully saturated rings. The van der Waals surface area contributed by atoms with Gasteiger partial charge in [0.1, 0.15) is 5.69 Å². The van der Waals surface area contributed by atoms with Crippen molar-refractivity contribution in [3.8, 4) is 11.5 Å². The second-order valence-electron chi connectivity index (χ2n) is 4.01. The summed E-state index contributed by atoms with van der Waals surface area (Å²) in [6.45, 7) is 1.83. The van der Waals surface area contributed by atoms with E-state index in [0.29, 0.717) is 11.5 Å². The van der Waals surface area contributed by atoms with Crippen molar-refractivity contribution in [2.24, 2.45) is 0 Å². The summed E-state index contributed by atoms with van der Waals surface area (Å²) in [4.78, 5) is 15.8. The predicted molar refractivity (Wildman–Crippen MR) is 70.9 cm³/mol. The lowest BCUT2D eigenvalue weighted by Gasteiger charge is -2.11. The number of aromatic nitrogens is 1. The van der Waals surface area contributed by atoms with Crippen LogP contribution in [0.3, 0.4) is 0 Å². The second-order valence-corrected chi connectivity index (χ2v) is 4.01. The molecule has 2 aromatic rings. The highest BCUT2D eigenvalue weighted by Gasteiger charge is 2.13. The Labute approximate surface area is 111 Å². The van der Waals surface area contributed by atoms with Crippen LogP contribution in [-0.2, 0) is 4.74 Å². The van der Waals surface area contributed by atoms with Gasteiger partial charge >= 0.3 is 5.97 Å². The Morgan fingerprint density at radius 2 is 1.68 bits per heavy atom. The molecule has 1 heterocycles. The largest absolute Gasteiger partial charge is 0.493 e. The Morgan fingerprint density at radius 3 is 2.26 bits per heavy atom. The Hall–Kier alpha value is -2.30. The van der Waals surface area contributed by atoms with Crippen molar-refractivity contribution >= 4 is 16.7 Å². The van der Waals surface area contributed by atoms with Gasteiger partial charge in [-0.2, -0.15) is 0 Å². The maximum absolute atomic E-state index is 11.5. The van der Waals surface area contributed by atoms with Gasteiger partial charge in [-0.1, -0.05) is 0 Å². The number of hydrogen-bond acceptors (Lipinski definition) is 5. The van der Waals surface area contributed by atoms with Crippen LogP contribution >= 0.6 is 0 Å². The molecule has 0 aliphatic carbocycles. The lowest BCUT2D eigenvalue weighted by Crippen LogP contribution is -2.05. The maximum atomic E-state index is 11.5. The van der Waals surface area contributed by atoms with Gasteiger partial charge in [0.15, 0.2) is 11.5 Å². The summed E-state index contributed by atoms with van der Waals surface area (Å²) in [6.07, 6.45) is 0. The lowest BCUT2D eigenvalue weighted by molar-refractivity contribution is 0.0594. The third-order valence-electron chi connectivity index (χ3n) is 2.92. The van der Waals surface area contributed by atoms with Gasteiger partial charge in [-0.15, -0.1) is 0 Å². The van der Waals surface area contributed by atoms with E-state index in [1.165, 1.54) is 7.11 Å². The molecule has 0 amide bonds. The quantitative estimate of drug-likeness (QED) is 0.794. The van der Waals surface area contributed by atoms with Crippen LogP contribution in [-0.4, -0.2) is 32.3 Å². The molecule has 5 nitrogen and oxygen atoms in total. The van der Waals surface area contributed by atoms with Gasteiger partial charge in [-0.3, -0.25) is 0 Å². The summed E-state index contributed by atoms with van der Waals surface area (Å²) in [7, 11) is 4.48. The smallest absolute Gasteiger partial charge is 0.356 e. The fourth-order valence-corrected chi connectivity index (χ4v) is 1.96. The van der Waals surface area contributed by atoms with E-state index >= 15 is 0 Å². The molecule has 0 aliphatic rings. The first-order valence-electron chi connectivity index (χ1n) is 5.72. The fourth-order valence-electron chi connectivity index (χ4n) is 1.96. The average molecular weight is 261 g/mol. The van der Waals surface area contributed by atoms with Gasteiger partial charge < -0.3 is 14.2 Å². The van der Waals surface area contributed by atoms with E-state index in [1.807, 2.05) is 19.1 Å². The average Bonchev–Trinajstić information content (AvgIpc) is 2.44. The number of benzene rings is 1. The number of hydrogen-bond donors (Lipinski definition) is 0. The first kappa shape index (κ1) is 13.1. The van der Waals surface area contributed by atoms with Gasteiger partial charge in [0.05, 0.1) is 21.3 Å². The molecule has 0 bridgehead atoms. The topological polar surface area (TPSA) is 57.7 Å². The summed E-state index contributed by atoms with van der Waals surface area (Å²) in [6, 6.07) is 5.34. The summed E-state index contributed by atoms with van der Waals surface area (Å²) in [5, 5.41) is 1.76. The second kappa shape index (κ2) is 5.14. The molecule has 0 spiro atoms. The standard InChI is InChI=1S/C14H15NO4/c1-8-10-7-13(18-3)12(17-2)6-9(10)5-11(15-8)14(16)19-4/h5-7H,1-4H3. The molecule has 0 aliphatic heterocycles. The number of carbonyl (C=O) groups excluding carboxylic acids is 1. The Kier molecular flexibility index (Phi) is 3.55. The van der Waals surface area contributed by atoms with E-state index in [9.17, 15) is 4.79 Å². The summed E-state index contributed by atoms with van der Waals surface area (Å²) >= 11 is 0. The van der Waals surface area contributed by atoms with Gasteiger partial charge in [0.2, 0.25) is 0 Å². The van der Waals surface area contributed by atoms with Crippen LogP contribution in [0.1, 0.15) is 16.2 Å². The van der Waals surface area contributed by atoms with E-state index in [4.69, 9.17) is 9.47 Å². The molecule has 0 saturated heterocycles.